The van der Waals surface area contributed by atoms with Gasteiger partial charge in [0.05, 0.1) is 24.1 Å². The van der Waals surface area contributed by atoms with E-state index in [0.29, 0.717) is 41.6 Å². The van der Waals surface area contributed by atoms with Crippen LogP contribution in [0.15, 0.2) is 29.6 Å². The zero-order valence-corrected chi connectivity index (χ0v) is 24.3. The molecule has 1 N–H and O–H groups in total. The van der Waals surface area contributed by atoms with Crippen molar-refractivity contribution in [1.29, 1.82) is 0 Å². The maximum Gasteiger partial charge on any atom is 0.254 e. The smallest absolute Gasteiger partial charge is 0.254 e. The van der Waals surface area contributed by atoms with Gasteiger partial charge in [-0.15, -0.1) is 0 Å². The molecule has 1 saturated carbocycles. The molecule has 1 amide bonds. The van der Waals surface area contributed by atoms with E-state index in [9.17, 15) is 9.59 Å². The van der Waals surface area contributed by atoms with Crippen molar-refractivity contribution in [2.45, 2.75) is 78.2 Å². The van der Waals surface area contributed by atoms with E-state index in [-0.39, 0.29) is 23.9 Å². The van der Waals surface area contributed by atoms with E-state index >= 15 is 0 Å². The van der Waals surface area contributed by atoms with Crippen molar-refractivity contribution in [2.75, 3.05) is 20.6 Å². The van der Waals surface area contributed by atoms with Gasteiger partial charge in [0.25, 0.3) is 17.3 Å². The molecule has 0 unspecified atom stereocenters. The number of aromatic amines is 1. The summed E-state index contributed by atoms with van der Waals surface area (Å²) in [5, 5.41) is 0. The molecule has 3 aliphatic rings. The lowest BCUT2D eigenvalue weighted by molar-refractivity contribution is -0.123. The van der Waals surface area contributed by atoms with Crippen molar-refractivity contribution in [3.05, 3.63) is 68.7 Å². The molecule has 212 valence electrons. The Morgan fingerprint density at radius 1 is 1.10 bits per heavy atom. The third-order valence-electron chi connectivity index (χ3n) is 9.24. The average Bonchev–Trinajstić information content (AvgIpc) is 3.56. The number of amides is 1. The molecule has 1 atom stereocenters. The fourth-order valence-corrected chi connectivity index (χ4v) is 6.92. The van der Waals surface area contributed by atoms with Gasteiger partial charge in [0, 0.05) is 54.6 Å². The zero-order chi connectivity index (χ0) is 28.3. The number of ether oxygens (including phenoxy) is 2. The fourth-order valence-electron chi connectivity index (χ4n) is 6.92. The van der Waals surface area contributed by atoms with E-state index in [1.807, 2.05) is 44.5 Å². The zero-order valence-electron chi connectivity index (χ0n) is 24.3. The van der Waals surface area contributed by atoms with Crippen LogP contribution in [0, 0.1) is 26.7 Å². The number of carbonyl (C=O) groups is 1. The number of aromatic nitrogens is 3. The molecule has 0 saturated heterocycles. The Morgan fingerprint density at radius 3 is 2.48 bits per heavy atom. The summed E-state index contributed by atoms with van der Waals surface area (Å²) in [6.45, 7) is 8.56. The molecule has 0 radical (unpaired) electrons. The number of nitrogens with zero attached hydrogens (tertiary/aromatic N) is 4. The molecular weight excluding hydrogens is 506 g/mol. The molecular formula is C31H39N5O4. The van der Waals surface area contributed by atoms with Crippen molar-refractivity contribution in [3.8, 4) is 17.2 Å². The minimum atomic E-state index is -0.807. The molecule has 1 aromatic carbocycles. The molecule has 9 nitrogen and oxygen atoms in total. The summed E-state index contributed by atoms with van der Waals surface area (Å²) >= 11 is 0. The van der Waals surface area contributed by atoms with E-state index < -0.39 is 5.79 Å². The van der Waals surface area contributed by atoms with Crippen LogP contribution in [0.4, 0.5) is 0 Å². The molecule has 40 heavy (non-hydrogen) atoms. The van der Waals surface area contributed by atoms with Gasteiger partial charge in [-0.2, -0.15) is 0 Å². The maximum atomic E-state index is 14.1. The summed E-state index contributed by atoms with van der Waals surface area (Å²) in [5.41, 5.74) is 5.39. The summed E-state index contributed by atoms with van der Waals surface area (Å²) in [6.07, 6.45) is 10.2. The fraction of sp³-hybridized carbons (Fsp3) is 0.516. The Kier molecular flexibility index (Phi) is 6.52. The lowest BCUT2D eigenvalue weighted by Crippen LogP contribution is -2.46. The second kappa shape index (κ2) is 9.80. The topological polar surface area (TPSA) is 92.7 Å². The average molecular weight is 546 g/mol. The highest BCUT2D eigenvalue weighted by Crippen LogP contribution is 2.53. The first-order chi connectivity index (χ1) is 19.1. The van der Waals surface area contributed by atoms with Gasteiger partial charge in [-0.1, -0.05) is 0 Å². The van der Waals surface area contributed by atoms with E-state index in [0.717, 1.165) is 53.8 Å². The summed E-state index contributed by atoms with van der Waals surface area (Å²) in [7, 11) is 4.29. The first-order valence-corrected chi connectivity index (χ1v) is 14.3. The van der Waals surface area contributed by atoms with Crippen LogP contribution in [0.25, 0.3) is 5.69 Å². The molecule has 0 spiro atoms. The highest BCUT2D eigenvalue weighted by Gasteiger charge is 2.49. The first kappa shape index (κ1) is 26.6. The normalized spacial score (nSPS) is 24.1. The van der Waals surface area contributed by atoms with Crippen LogP contribution >= 0.6 is 0 Å². The largest absolute Gasteiger partial charge is 0.448 e. The Balaban J connectivity index is 1.38. The number of imidazole rings is 1. The first-order valence-electron chi connectivity index (χ1n) is 14.3. The lowest BCUT2D eigenvalue weighted by atomic mass is 9.81. The molecule has 9 heteroatoms. The minimum absolute atomic E-state index is 0.0917. The minimum Gasteiger partial charge on any atom is -0.448 e. The summed E-state index contributed by atoms with van der Waals surface area (Å²) in [6, 6.07) is 2.53. The number of pyridine rings is 1. The number of aryl methyl sites for hydroxylation is 2. The number of H-pyrrole nitrogens is 1. The third kappa shape index (κ3) is 4.31. The molecule has 0 bridgehead atoms. The molecule has 6 rings (SSSR count). The van der Waals surface area contributed by atoms with Crippen molar-refractivity contribution in [2.24, 2.45) is 5.92 Å². The third-order valence-corrected chi connectivity index (χ3v) is 9.24. The Morgan fingerprint density at radius 2 is 1.82 bits per heavy atom. The summed E-state index contributed by atoms with van der Waals surface area (Å²) in [4.78, 5) is 38.1. The van der Waals surface area contributed by atoms with Crippen LogP contribution in [-0.2, 0) is 13.0 Å². The highest BCUT2D eigenvalue weighted by atomic mass is 16.7. The standard InChI is InChI=1S/C31H39N5O4/c1-18-15-19(2)33-29(37)24(18)16-35-13-11-23-25(30(35)38)20(3)27-28(26(23)36-14-12-32-17-36)40-31(4,39-27)21-7-9-22(10-8-21)34(5)6/h12,14-15,17,21-22H,7-11,13,16H2,1-6H3,(H,33,37)/t21-,22-,31-/m0/s1. The molecule has 1 fully saturated rings. The van der Waals surface area contributed by atoms with Gasteiger partial charge >= 0.3 is 0 Å². The van der Waals surface area contributed by atoms with Gasteiger partial charge in [0.15, 0.2) is 11.5 Å². The predicted octanol–water partition coefficient (Wildman–Crippen LogP) is 4.29. The Bertz CT molecular complexity index is 1520. The van der Waals surface area contributed by atoms with E-state index in [1.165, 1.54) is 0 Å². The van der Waals surface area contributed by atoms with Crippen LogP contribution in [0.1, 0.15) is 70.9 Å². The SMILES string of the molecule is Cc1cc(C)c(CN2CCc3c(c(C)c4c(c3-n3ccnc3)O[C@@](C)([C@H]3CC[C@H](N(C)C)CC3)O4)C2=O)c(=O)[nH]1. The van der Waals surface area contributed by atoms with Gasteiger partial charge in [-0.25, -0.2) is 4.98 Å². The van der Waals surface area contributed by atoms with Crippen molar-refractivity contribution < 1.29 is 14.3 Å². The van der Waals surface area contributed by atoms with E-state index in [2.05, 4.69) is 29.0 Å². The quantitative estimate of drug-likeness (QED) is 0.514. The predicted molar refractivity (Wildman–Crippen MR) is 152 cm³/mol. The number of hydrogen-bond acceptors (Lipinski definition) is 6. The van der Waals surface area contributed by atoms with E-state index in [4.69, 9.17) is 9.47 Å². The van der Waals surface area contributed by atoms with Gasteiger partial charge in [-0.3, -0.25) is 9.59 Å². The second-order valence-electron chi connectivity index (χ2n) is 12.1. The number of carbonyl (C=O) groups excluding carboxylic acids is 1. The molecule has 2 aliphatic heterocycles. The van der Waals surface area contributed by atoms with Crippen molar-refractivity contribution in [3.63, 3.8) is 0 Å². The number of benzene rings is 1. The maximum absolute atomic E-state index is 14.1. The molecule has 4 heterocycles. The second-order valence-corrected chi connectivity index (χ2v) is 12.1. The van der Waals surface area contributed by atoms with Crippen LogP contribution in [0.5, 0.6) is 11.5 Å². The van der Waals surface area contributed by atoms with Crippen molar-refractivity contribution in [1.82, 2.24) is 24.3 Å². The molecule has 1 aliphatic carbocycles. The lowest BCUT2D eigenvalue weighted by Gasteiger charge is -2.39. The van der Waals surface area contributed by atoms with Gasteiger partial charge in [0.2, 0.25) is 0 Å². The van der Waals surface area contributed by atoms with Crippen LogP contribution in [-0.4, -0.2) is 62.7 Å². The van der Waals surface area contributed by atoms with Crippen LogP contribution < -0.4 is 15.0 Å². The van der Waals surface area contributed by atoms with Crippen molar-refractivity contribution >= 4 is 5.91 Å². The monoisotopic (exact) mass is 545 g/mol. The van der Waals surface area contributed by atoms with Crippen LogP contribution in [0.3, 0.4) is 0 Å². The van der Waals surface area contributed by atoms with Gasteiger partial charge in [-0.05, 0) is 84.2 Å². The summed E-state index contributed by atoms with van der Waals surface area (Å²) in [5.74, 6) is 0.675. The van der Waals surface area contributed by atoms with Gasteiger partial charge in [0.1, 0.15) is 0 Å². The number of nitrogens with one attached hydrogen (secondary N) is 1. The number of hydrogen-bond donors (Lipinski definition) is 1. The summed E-state index contributed by atoms with van der Waals surface area (Å²) < 4.78 is 15.4. The number of rotatable bonds is 5. The Hall–Kier alpha value is -3.59. The molecule has 2 aromatic heterocycles. The number of fused-ring (bicyclic) bond motifs is 2. The van der Waals surface area contributed by atoms with E-state index in [1.54, 1.807) is 17.4 Å². The van der Waals surface area contributed by atoms with Gasteiger partial charge < -0.3 is 28.8 Å². The molecule has 3 aromatic rings. The Labute approximate surface area is 235 Å². The van der Waals surface area contributed by atoms with Crippen LogP contribution in [0.2, 0.25) is 0 Å². The highest BCUT2D eigenvalue weighted by molar-refractivity contribution is 6.01.